The van der Waals surface area contributed by atoms with Gasteiger partial charge in [-0.05, 0) is 24.6 Å². The Bertz CT molecular complexity index is 628. The van der Waals surface area contributed by atoms with Gasteiger partial charge >= 0.3 is 6.36 Å². The van der Waals surface area contributed by atoms with Gasteiger partial charge in [0.15, 0.2) is 0 Å². The highest BCUT2D eigenvalue weighted by atomic mass is 19.4. The van der Waals surface area contributed by atoms with Crippen LogP contribution in [0.1, 0.15) is 17.1 Å². The lowest BCUT2D eigenvalue weighted by Gasteiger charge is -2.21. The smallest absolute Gasteiger partial charge is 0.406 e. The van der Waals surface area contributed by atoms with Crippen molar-refractivity contribution in [3.63, 3.8) is 0 Å². The maximum Gasteiger partial charge on any atom is 0.573 e. The monoisotopic (exact) mass is 329 g/mol. The minimum absolute atomic E-state index is 0.0497. The molecule has 0 spiro atoms. The quantitative estimate of drug-likeness (QED) is 0.820. The van der Waals surface area contributed by atoms with E-state index in [-0.39, 0.29) is 12.4 Å². The Labute approximate surface area is 131 Å². The van der Waals surface area contributed by atoms with E-state index in [1.54, 1.807) is 12.3 Å². The van der Waals surface area contributed by atoms with Gasteiger partial charge in [-0.1, -0.05) is 12.1 Å². The fourth-order valence-electron chi connectivity index (χ4n) is 2.25. The molecule has 126 valence electrons. The lowest BCUT2D eigenvalue weighted by Crippen LogP contribution is -2.26. The van der Waals surface area contributed by atoms with Crippen molar-refractivity contribution in [1.82, 2.24) is 14.9 Å². The van der Waals surface area contributed by atoms with E-state index in [1.165, 1.54) is 18.2 Å². The van der Waals surface area contributed by atoms with Crippen LogP contribution in [0.4, 0.5) is 13.2 Å². The fourth-order valence-corrected chi connectivity index (χ4v) is 2.25. The number of H-pyrrole nitrogens is 1. The van der Waals surface area contributed by atoms with Gasteiger partial charge in [-0.25, -0.2) is 4.98 Å². The molecule has 0 bridgehead atoms. The highest BCUT2D eigenvalue weighted by Gasteiger charge is 2.31. The van der Waals surface area contributed by atoms with Gasteiger partial charge in [0.05, 0.1) is 6.61 Å². The minimum atomic E-state index is -4.71. The Morgan fingerprint density at radius 3 is 2.70 bits per heavy atom. The summed E-state index contributed by atoms with van der Waals surface area (Å²) in [5.41, 5.74) is 1.54. The second kappa shape index (κ2) is 7.47. The standard InChI is InChI=1S/C15H18F3N3O2/c1-11-19-8-13(20-11)10-21(5-6-22)9-12-3-2-4-14(7-12)23-15(16,17)18/h2-4,7-8,22H,5-6,9-10H2,1H3,(H,19,20). The molecule has 0 aliphatic heterocycles. The molecule has 0 atom stereocenters. The molecule has 0 radical (unpaired) electrons. The normalized spacial score (nSPS) is 11.9. The van der Waals surface area contributed by atoms with Crippen molar-refractivity contribution in [2.75, 3.05) is 13.2 Å². The Kier molecular flexibility index (Phi) is 5.62. The second-order valence-electron chi connectivity index (χ2n) is 5.12. The van der Waals surface area contributed by atoms with Crippen molar-refractivity contribution in [3.8, 4) is 5.75 Å². The number of benzene rings is 1. The van der Waals surface area contributed by atoms with Crippen LogP contribution in [-0.4, -0.2) is 39.5 Å². The molecule has 8 heteroatoms. The van der Waals surface area contributed by atoms with E-state index in [1.807, 2.05) is 11.8 Å². The zero-order valence-electron chi connectivity index (χ0n) is 12.6. The Morgan fingerprint density at radius 2 is 2.09 bits per heavy atom. The summed E-state index contributed by atoms with van der Waals surface area (Å²) in [6.45, 7) is 3.06. The van der Waals surface area contributed by atoms with Crippen LogP contribution in [0.5, 0.6) is 5.75 Å². The van der Waals surface area contributed by atoms with E-state index in [9.17, 15) is 13.2 Å². The van der Waals surface area contributed by atoms with Crippen LogP contribution in [0.2, 0.25) is 0 Å². The highest BCUT2D eigenvalue weighted by Crippen LogP contribution is 2.24. The largest absolute Gasteiger partial charge is 0.573 e. The maximum absolute atomic E-state index is 12.3. The molecular weight excluding hydrogens is 311 g/mol. The number of imidazole rings is 1. The average molecular weight is 329 g/mol. The number of aliphatic hydroxyl groups excluding tert-OH is 1. The molecule has 1 aromatic heterocycles. The molecule has 0 amide bonds. The maximum atomic E-state index is 12.3. The summed E-state index contributed by atoms with van der Waals surface area (Å²) in [5.74, 6) is 0.529. The third kappa shape index (κ3) is 5.91. The molecule has 1 heterocycles. The number of aromatic amines is 1. The molecule has 5 nitrogen and oxygen atoms in total. The molecule has 1 aromatic carbocycles. The summed E-state index contributed by atoms with van der Waals surface area (Å²) >= 11 is 0. The Hall–Kier alpha value is -2.06. The molecule has 0 aliphatic carbocycles. The number of aliphatic hydroxyl groups is 1. The molecule has 2 aromatic rings. The SMILES string of the molecule is Cc1ncc(CN(CCO)Cc2cccc(OC(F)(F)F)c2)[nH]1. The van der Waals surface area contributed by atoms with Crippen molar-refractivity contribution in [1.29, 1.82) is 0 Å². The molecule has 0 saturated carbocycles. The van der Waals surface area contributed by atoms with E-state index in [2.05, 4.69) is 14.7 Å². The predicted molar refractivity (Wildman–Crippen MR) is 77.6 cm³/mol. The number of ether oxygens (including phenoxy) is 1. The van der Waals surface area contributed by atoms with Gasteiger partial charge in [-0.15, -0.1) is 13.2 Å². The number of rotatable bonds is 7. The summed E-state index contributed by atoms with van der Waals surface area (Å²) in [6.07, 6.45) is -3.01. The molecule has 0 fully saturated rings. The molecular formula is C15H18F3N3O2. The molecule has 0 saturated heterocycles. The van der Waals surface area contributed by atoms with E-state index < -0.39 is 6.36 Å². The number of hydrogen-bond donors (Lipinski definition) is 2. The van der Waals surface area contributed by atoms with E-state index in [4.69, 9.17) is 5.11 Å². The van der Waals surface area contributed by atoms with Crippen LogP contribution in [0, 0.1) is 6.92 Å². The average Bonchev–Trinajstić information content (AvgIpc) is 2.83. The number of alkyl halides is 3. The van der Waals surface area contributed by atoms with E-state index in [0.29, 0.717) is 25.2 Å². The van der Waals surface area contributed by atoms with Crippen LogP contribution in [0.15, 0.2) is 30.5 Å². The van der Waals surface area contributed by atoms with Crippen molar-refractivity contribution in [3.05, 3.63) is 47.5 Å². The van der Waals surface area contributed by atoms with Gasteiger partial charge < -0.3 is 14.8 Å². The third-order valence-corrected chi connectivity index (χ3v) is 3.10. The number of aryl methyl sites for hydroxylation is 1. The predicted octanol–water partition coefficient (Wildman–Crippen LogP) is 2.61. The van der Waals surface area contributed by atoms with Crippen LogP contribution in [0.25, 0.3) is 0 Å². The first-order chi connectivity index (χ1) is 10.9. The second-order valence-corrected chi connectivity index (χ2v) is 5.12. The first-order valence-corrected chi connectivity index (χ1v) is 7.04. The summed E-state index contributed by atoms with van der Waals surface area (Å²) in [7, 11) is 0. The van der Waals surface area contributed by atoms with Crippen molar-refractivity contribution in [2.24, 2.45) is 0 Å². The van der Waals surface area contributed by atoms with Crippen LogP contribution in [-0.2, 0) is 13.1 Å². The number of aromatic nitrogens is 2. The molecule has 23 heavy (non-hydrogen) atoms. The summed E-state index contributed by atoms with van der Waals surface area (Å²) in [4.78, 5) is 9.09. The fraction of sp³-hybridized carbons (Fsp3) is 0.400. The first-order valence-electron chi connectivity index (χ1n) is 7.04. The van der Waals surface area contributed by atoms with Gasteiger partial charge in [-0.3, -0.25) is 4.90 Å². The number of nitrogens with one attached hydrogen (secondary N) is 1. The third-order valence-electron chi connectivity index (χ3n) is 3.10. The van der Waals surface area contributed by atoms with Crippen LogP contribution < -0.4 is 4.74 Å². The lowest BCUT2D eigenvalue weighted by atomic mass is 10.2. The number of hydrogen-bond acceptors (Lipinski definition) is 4. The summed E-state index contributed by atoms with van der Waals surface area (Å²) in [6, 6.07) is 5.82. The summed E-state index contributed by atoms with van der Waals surface area (Å²) in [5, 5.41) is 9.16. The van der Waals surface area contributed by atoms with E-state index >= 15 is 0 Å². The Morgan fingerprint density at radius 1 is 1.30 bits per heavy atom. The van der Waals surface area contributed by atoms with Gasteiger partial charge in [0, 0.05) is 31.5 Å². The van der Waals surface area contributed by atoms with Crippen molar-refractivity contribution in [2.45, 2.75) is 26.4 Å². The van der Waals surface area contributed by atoms with Crippen LogP contribution >= 0.6 is 0 Å². The molecule has 0 unspecified atom stereocenters. The minimum Gasteiger partial charge on any atom is -0.406 e. The zero-order valence-corrected chi connectivity index (χ0v) is 12.6. The van der Waals surface area contributed by atoms with E-state index in [0.717, 1.165) is 11.5 Å². The summed E-state index contributed by atoms with van der Waals surface area (Å²) < 4.78 is 40.7. The molecule has 2 rings (SSSR count). The first kappa shape index (κ1) is 17.3. The van der Waals surface area contributed by atoms with Gasteiger partial charge in [0.2, 0.25) is 0 Å². The van der Waals surface area contributed by atoms with Gasteiger partial charge in [0.1, 0.15) is 11.6 Å². The molecule has 0 aliphatic rings. The van der Waals surface area contributed by atoms with Gasteiger partial charge in [0.25, 0.3) is 0 Å². The molecule has 2 N–H and O–H groups in total. The van der Waals surface area contributed by atoms with Crippen molar-refractivity contribution < 1.29 is 23.0 Å². The number of halogens is 3. The topological polar surface area (TPSA) is 61.4 Å². The Balaban J connectivity index is 2.05. The van der Waals surface area contributed by atoms with Crippen molar-refractivity contribution >= 4 is 0 Å². The lowest BCUT2D eigenvalue weighted by molar-refractivity contribution is -0.274. The van der Waals surface area contributed by atoms with Crippen LogP contribution in [0.3, 0.4) is 0 Å². The number of nitrogens with zero attached hydrogens (tertiary/aromatic N) is 2. The zero-order chi connectivity index (χ0) is 16.9. The van der Waals surface area contributed by atoms with Gasteiger partial charge in [-0.2, -0.15) is 0 Å². The highest BCUT2D eigenvalue weighted by molar-refractivity contribution is 5.28.